The highest BCUT2D eigenvalue weighted by molar-refractivity contribution is 6.31. The van der Waals surface area contributed by atoms with E-state index in [4.69, 9.17) is 22.1 Å². The third-order valence-corrected chi connectivity index (χ3v) is 3.36. The minimum absolute atomic E-state index is 0.432. The molecule has 6 heteroatoms. The van der Waals surface area contributed by atoms with Gasteiger partial charge in [-0.15, -0.1) is 5.10 Å². The molecule has 2 aromatic carbocycles. The van der Waals surface area contributed by atoms with Gasteiger partial charge in [0.05, 0.1) is 12.8 Å². The topological polar surface area (TPSA) is 66.0 Å². The summed E-state index contributed by atoms with van der Waals surface area (Å²) < 4.78 is 6.91. The first-order valence-electron chi connectivity index (χ1n) is 6.31. The summed E-state index contributed by atoms with van der Waals surface area (Å²) in [6.45, 7) is 0. The third-order valence-electron chi connectivity index (χ3n) is 3.12. The quantitative estimate of drug-likeness (QED) is 0.807. The maximum Gasteiger partial charge on any atom is 0.156 e. The monoisotopic (exact) mass is 300 g/mol. The Morgan fingerprint density at radius 1 is 1.14 bits per heavy atom. The van der Waals surface area contributed by atoms with Crippen LogP contribution in [-0.4, -0.2) is 22.1 Å². The number of halogens is 1. The van der Waals surface area contributed by atoms with E-state index in [0.29, 0.717) is 27.8 Å². The molecule has 1 heterocycles. The molecule has 106 valence electrons. The number of anilines is 1. The second-order valence-electron chi connectivity index (χ2n) is 4.42. The van der Waals surface area contributed by atoms with Gasteiger partial charge in [-0.05, 0) is 30.3 Å². The zero-order valence-corrected chi connectivity index (χ0v) is 12.1. The van der Waals surface area contributed by atoms with E-state index in [0.717, 1.165) is 5.69 Å². The third kappa shape index (κ3) is 2.43. The smallest absolute Gasteiger partial charge is 0.156 e. The van der Waals surface area contributed by atoms with Crippen LogP contribution in [0.1, 0.15) is 0 Å². The fourth-order valence-corrected chi connectivity index (χ4v) is 2.28. The number of para-hydroxylation sites is 1. The van der Waals surface area contributed by atoms with E-state index >= 15 is 0 Å². The lowest BCUT2D eigenvalue weighted by atomic mass is 10.1. The van der Waals surface area contributed by atoms with Crippen molar-refractivity contribution in [2.24, 2.45) is 0 Å². The van der Waals surface area contributed by atoms with Gasteiger partial charge in [-0.25, -0.2) is 0 Å². The van der Waals surface area contributed by atoms with Crippen molar-refractivity contribution in [1.82, 2.24) is 15.0 Å². The maximum absolute atomic E-state index is 6.18. The molecule has 1 aromatic heterocycles. The van der Waals surface area contributed by atoms with Crippen molar-refractivity contribution in [3.63, 3.8) is 0 Å². The van der Waals surface area contributed by atoms with Gasteiger partial charge in [0.15, 0.2) is 5.82 Å². The first-order valence-corrected chi connectivity index (χ1v) is 6.69. The first kappa shape index (κ1) is 13.5. The number of nitrogens with zero attached hydrogens (tertiary/aromatic N) is 3. The number of nitrogens with two attached hydrogens (primary N) is 1. The lowest BCUT2D eigenvalue weighted by Crippen LogP contribution is -2.02. The van der Waals surface area contributed by atoms with E-state index in [-0.39, 0.29) is 0 Å². The Hall–Kier alpha value is -2.53. The summed E-state index contributed by atoms with van der Waals surface area (Å²) in [5.41, 5.74) is 8.28. The number of nitrogen functional groups attached to an aromatic ring is 1. The standard InChI is InChI=1S/C15H13ClN4O/c1-21-13-8-7-10(16)9-12(13)14-15(17)20(19-18-14)11-5-3-2-4-6-11/h2-9H,17H2,1H3. The van der Waals surface area contributed by atoms with E-state index in [9.17, 15) is 0 Å². The minimum atomic E-state index is 0.432. The van der Waals surface area contributed by atoms with Crippen molar-refractivity contribution >= 4 is 17.4 Å². The van der Waals surface area contributed by atoms with Gasteiger partial charge in [-0.2, -0.15) is 4.68 Å². The number of aromatic nitrogens is 3. The number of benzene rings is 2. The van der Waals surface area contributed by atoms with Gasteiger partial charge in [-0.1, -0.05) is 35.0 Å². The van der Waals surface area contributed by atoms with Crippen LogP contribution in [0.4, 0.5) is 5.82 Å². The van der Waals surface area contributed by atoms with Gasteiger partial charge in [0, 0.05) is 10.6 Å². The van der Waals surface area contributed by atoms with Crippen LogP contribution in [0, 0.1) is 0 Å². The second-order valence-corrected chi connectivity index (χ2v) is 4.85. The zero-order chi connectivity index (χ0) is 14.8. The van der Waals surface area contributed by atoms with Crippen LogP contribution in [0.3, 0.4) is 0 Å². The van der Waals surface area contributed by atoms with Crippen LogP contribution < -0.4 is 10.5 Å². The maximum atomic E-state index is 6.18. The molecule has 3 aromatic rings. The van der Waals surface area contributed by atoms with Crippen LogP contribution >= 0.6 is 11.6 Å². The molecule has 0 saturated carbocycles. The zero-order valence-electron chi connectivity index (χ0n) is 11.3. The van der Waals surface area contributed by atoms with Crippen molar-refractivity contribution in [3.05, 3.63) is 53.6 Å². The molecule has 3 rings (SSSR count). The van der Waals surface area contributed by atoms with E-state index in [2.05, 4.69) is 10.3 Å². The second kappa shape index (κ2) is 5.46. The molecule has 2 N–H and O–H groups in total. The molecule has 21 heavy (non-hydrogen) atoms. The predicted octanol–water partition coefficient (Wildman–Crippen LogP) is 3.18. The van der Waals surface area contributed by atoms with E-state index in [1.807, 2.05) is 30.3 Å². The van der Waals surface area contributed by atoms with E-state index in [1.165, 1.54) is 0 Å². The first-order chi connectivity index (χ1) is 10.2. The molecule has 0 aliphatic rings. The van der Waals surface area contributed by atoms with Crippen LogP contribution in [0.2, 0.25) is 5.02 Å². The summed E-state index contributed by atoms with van der Waals surface area (Å²) in [5, 5.41) is 8.85. The van der Waals surface area contributed by atoms with Gasteiger partial charge in [0.25, 0.3) is 0 Å². The average molecular weight is 301 g/mol. The molecule has 0 amide bonds. The lowest BCUT2D eigenvalue weighted by Gasteiger charge is -2.07. The molecule has 0 radical (unpaired) electrons. The van der Waals surface area contributed by atoms with Crippen LogP contribution in [0.5, 0.6) is 5.75 Å². The Bertz CT molecular complexity index is 771. The average Bonchev–Trinajstić information content (AvgIpc) is 2.89. The molecular weight excluding hydrogens is 288 g/mol. The predicted molar refractivity (Wildman–Crippen MR) is 82.8 cm³/mol. The van der Waals surface area contributed by atoms with Gasteiger partial charge in [0.2, 0.25) is 0 Å². The molecular formula is C15H13ClN4O. The fraction of sp³-hybridized carbons (Fsp3) is 0.0667. The van der Waals surface area contributed by atoms with Crippen molar-refractivity contribution < 1.29 is 4.74 Å². The summed E-state index contributed by atoms with van der Waals surface area (Å²) >= 11 is 6.05. The number of hydrogen-bond donors (Lipinski definition) is 1. The van der Waals surface area contributed by atoms with Crippen LogP contribution in [0.25, 0.3) is 16.9 Å². The van der Waals surface area contributed by atoms with Gasteiger partial charge in [0.1, 0.15) is 11.4 Å². The summed E-state index contributed by atoms with van der Waals surface area (Å²) in [4.78, 5) is 0. The summed E-state index contributed by atoms with van der Waals surface area (Å²) in [5.74, 6) is 1.08. The summed E-state index contributed by atoms with van der Waals surface area (Å²) in [7, 11) is 1.59. The molecule has 0 aliphatic carbocycles. The summed E-state index contributed by atoms with van der Waals surface area (Å²) in [6.07, 6.45) is 0. The molecule has 0 atom stereocenters. The SMILES string of the molecule is COc1ccc(Cl)cc1-c1nnn(-c2ccccc2)c1N. The molecule has 0 unspecified atom stereocenters. The van der Waals surface area contributed by atoms with Gasteiger partial charge >= 0.3 is 0 Å². The Balaban J connectivity index is 2.14. The lowest BCUT2D eigenvalue weighted by molar-refractivity contribution is 0.416. The molecule has 5 nitrogen and oxygen atoms in total. The van der Waals surface area contributed by atoms with Gasteiger partial charge in [-0.3, -0.25) is 0 Å². The van der Waals surface area contributed by atoms with Crippen LogP contribution in [0.15, 0.2) is 48.5 Å². The number of methoxy groups -OCH3 is 1. The van der Waals surface area contributed by atoms with E-state index < -0.39 is 0 Å². The highest BCUT2D eigenvalue weighted by Gasteiger charge is 2.17. The fourth-order valence-electron chi connectivity index (χ4n) is 2.11. The number of ether oxygens (including phenoxy) is 1. The van der Waals surface area contributed by atoms with Crippen molar-refractivity contribution in [1.29, 1.82) is 0 Å². The van der Waals surface area contributed by atoms with Gasteiger partial charge < -0.3 is 10.5 Å². The highest BCUT2D eigenvalue weighted by atomic mass is 35.5. The minimum Gasteiger partial charge on any atom is -0.496 e. The molecule has 0 saturated heterocycles. The number of rotatable bonds is 3. The molecule has 0 spiro atoms. The Labute approximate surface area is 126 Å². The molecule has 0 aliphatic heterocycles. The van der Waals surface area contributed by atoms with Crippen LogP contribution in [-0.2, 0) is 0 Å². The summed E-state index contributed by atoms with van der Waals surface area (Å²) in [6, 6.07) is 14.9. The molecule has 0 bridgehead atoms. The largest absolute Gasteiger partial charge is 0.496 e. The highest BCUT2D eigenvalue weighted by Crippen LogP contribution is 2.34. The Morgan fingerprint density at radius 2 is 1.90 bits per heavy atom. The van der Waals surface area contributed by atoms with Crippen molar-refractivity contribution in [2.45, 2.75) is 0 Å². The number of hydrogen-bond acceptors (Lipinski definition) is 4. The van der Waals surface area contributed by atoms with Crippen molar-refractivity contribution in [3.8, 4) is 22.7 Å². The van der Waals surface area contributed by atoms with E-state index in [1.54, 1.807) is 30.0 Å². The van der Waals surface area contributed by atoms with Crippen molar-refractivity contribution in [2.75, 3.05) is 12.8 Å². The molecule has 0 fully saturated rings. The Morgan fingerprint density at radius 3 is 2.62 bits per heavy atom. The normalized spacial score (nSPS) is 10.6. The Kier molecular flexibility index (Phi) is 3.50.